The minimum atomic E-state index is -0.441. The standard InChI is InChI=1S/C19H23FN4OS/c1-13-7-14(2)10-24(9-13)17-8-19(22-12-21-17)26-11-18(25)23-16-6-4-3-5-15(16)20/h3-6,8,12-14H,7,9-11H2,1-2H3,(H,23,25)/t13-,14-/m0/s1. The van der Waals surface area contributed by atoms with Gasteiger partial charge in [-0.15, -0.1) is 0 Å². The highest BCUT2D eigenvalue weighted by atomic mass is 32.2. The second kappa shape index (κ2) is 8.49. The number of carbonyl (C=O) groups is 1. The summed E-state index contributed by atoms with van der Waals surface area (Å²) in [5.74, 6) is 1.63. The fraction of sp³-hybridized carbons (Fsp3) is 0.421. The highest BCUT2D eigenvalue weighted by Gasteiger charge is 2.23. The van der Waals surface area contributed by atoms with Crippen LogP contribution in [0, 0.1) is 17.7 Å². The molecule has 0 bridgehead atoms. The molecule has 2 heterocycles. The van der Waals surface area contributed by atoms with Crippen LogP contribution < -0.4 is 10.2 Å². The van der Waals surface area contributed by atoms with Crippen molar-refractivity contribution in [1.82, 2.24) is 9.97 Å². The van der Waals surface area contributed by atoms with Gasteiger partial charge in [-0.25, -0.2) is 14.4 Å². The molecule has 0 saturated carbocycles. The smallest absolute Gasteiger partial charge is 0.234 e. The van der Waals surface area contributed by atoms with E-state index in [2.05, 4.69) is 34.0 Å². The van der Waals surface area contributed by atoms with E-state index in [1.165, 1.54) is 30.6 Å². The van der Waals surface area contributed by atoms with Gasteiger partial charge in [0.25, 0.3) is 0 Å². The molecule has 1 N–H and O–H groups in total. The summed E-state index contributed by atoms with van der Waals surface area (Å²) >= 11 is 1.32. The van der Waals surface area contributed by atoms with Crippen molar-refractivity contribution >= 4 is 29.2 Å². The number of anilines is 2. The Kier molecular flexibility index (Phi) is 6.08. The van der Waals surface area contributed by atoms with E-state index in [-0.39, 0.29) is 17.3 Å². The van der Waals surface area contributed by atoms with E-state index < -0.39 is 5.82 Å². The van der Waals surface area contributed by atoms with E-state index in [0.29, 0.717) is 11.8 Å². The quantitative estimate of drug-likeness (QED) is 0.637. The molecule has 1 fully saturated rings. The minimum absolute atomic E-state index is 0.164. The van der Waals surface area contributed by atoms with Crippen LogP contribution in [0.25, 0.3) is 0 Å². The van der Waals surface area contributed by atoms with Crippen molar-refractivity contribution in [2.24, 2.45) is 11.8 Å². The number of aromatic nitrogens is 2. The number of para-hydroxylation sites is 1. The predicted molar refractivity (Wildman–Crippen MR) is 103 cm³/mol. The molecule has 1 aromatic heterocycles. The highest BCUT2D eigenvalue weighted by Crippen LogP contribution is 2.27. The largest absolute Gasteiger partial charge is 0.356 e. The first-order valence-corrected chi connectivity index (χ1v) is 9.74. The minimum Gasteiger partial charge on any atom is -0.356 e. The monoisotopic (exact) mass is 374 g/mol. The molecule has 7 heteroatoms. The van der Waals surface area contributed by atoms with Gasteiger partial charge in [-0.3, -0.25) is 4.79 Å². The molecule has 2 aromatic rings. The number of thioether (sulfide) groups is 1. The Morgan fingerprint density at radius 3 is 2.73 bits per heavy atom. The summed E-state index contributed by atoms with van der Waals surface area (Å²) in [5, 5.41) is 3.32. The van der Waals surface area contributed by atoms with Crippen LogP contribution in [-0.2, 0) is 4.79 Å². The first-order chi connectivity index (χ1) is 12.5. The number of halogens is 1. The number of nitrogens with zero attached hydrogens (tertiary/aromatic N) is 3. The third kappa shape index (κ3) is 4.94. The van der Waals surface area contributed by atoms with Gasteiger partial charge in [0.05, 0.1) is 11.4 Å². The molecule has 0 aliphatic carbocycles. The third-order valence-corrected chi connectivity index (χ3v) is 5.25. The van der Waals surface area contributed by atoms with E-state index in [1.807, 2.05) is 6.07 Å². The molecule has 5 nitrogen and oxygen atoms in total. The lowest BCUT2D eigenvalue weighted by atomic mass is 9.92. The van der Waals surface area contributed by atoms with Gasteiger partial charge in [-0.1, -0.05) is 37.7 Å². The zero-order valence-corrected chi connectivity index (χ0v) is 15.8. The van der Waals surface area contributed by atoms with Crippen LogP contribution in [0.3, 0.4) is 0 Å². The van der Waals surface area contributed by atoms with E-state index in [0.717, 1.165) is 23.9 Å². The summed E-state index contributed by atoms with van der Waals surface area (Å²) in [7, 11) is 0. The molecular formula is C19H23FN4OS. The molecule has 2 atom stereocenters. The van der Waals surface area contributed by atoms with Crippen molar-refractivity contribution in [3.8, 4) is 0 Å². The van der Waals surface area contributed by atoms with Gasteiger partial charge in [-0.2, -0.15) is 0 Å². The van der Waals surface area contributed by atoms with Crippen LogP contribution in [0.4, 0.5) is 15.9 Å². The van der Waals surface area contributed by atoms with Crippen molar-refractivity contribution in [2.45, 2.75) is 25.3 Å². The van der Waals surface area contributed by atoms with Crippen LogP contribution in [0.1, 0.15) is 20.3 Å². The number of hydrogen-bond donors (Lipinski definition) is 1. The van der Waals surface area contributed by atoms with Crippen molar-refractivity contribution in [3.63, 3.8) is 0 Å². The number of nitrogens with one attached hydrogen (secondary N) is 1. The first kappa shape index (κ1) is 18.6. The van der Waals surface area contributed by atoms with E-state index in [4.69, 9.17) is 0 Å². The number of benzene rings is 1. The molecule has 1 amide bonds. The summed E-state index contributed by atoms with van der Waals surface area (Å²) in [6, 6.07) is 8.05. The van der Waals surface area contributed by atoms with Gasteiger partial charge in [0.1, 0.15) is 23.0 Å². The molecule has 0 spiro atoms. The molecule has 1 aliphatic rings. The van der Waals surface area contributed by atoms with Crippen molar-refractivity contribution in [2.75, 3.05) is 29.1 Å². The molecule has 1 aliphatic heterocycles. The normalized spacial score (nSPS) is 20.0. The van der Waals surface area contributed by atoms with Gasteiger partial charge in [0.15, 0.2) is 0 Å². The highest BCUT2D eigenvalue weighted by molar-refractivity contribution is 7.99. The van der Waals surface area contributed by atoms with Crippen LogP contribution >= 0.6 is 11.8 Å². The molecule has 138 valence electrons. The van der Waals surface area contributed by atoms with Gasteiger partial charge in [0.2, 0.25) is 5.91 Å². The Morgan fingerprint density at radius 2 is 2.00 bits per heavy atom. The molecule has 0 unspecified atom stereocenters. The summed E-state index contributed by atoms with van der Waals surface area (Å²) < 4.78 is 13.6. The number of amides is 1. The zero-order chi connectivity index (χ0) is 18.5. The fourth-order valence-electron chi connectivity index (χ4n) is 3.32. The maximum absolute atomic E-state index is 13.6. The fourth-order valence-corrected chi connectivity index (χ4v) is 3.98. The van der Waals surface area contributed by atoms with Crippen LogP contribution in [0.2, 0.25) is 0 Å². The average Bonchev–Trinajstić information content (AvgIpc) is 2.61. The third-order valence-electron chi connectivity index (χ3n) is 4.32. The number of carbonyl (C=O) groups excluding carboxylic acids is 1. The SMILES string of the molecule is C[C@H]1C[C@H](C)CN(c2cc(SCC(=O)Nc3ccccc3F)ncn2)C1. The van der Waals surface area contributed by atoms with Gasteiger partial charge < -0.3 is 10.2 Å². The molecule has 1 saturated heterocycles. The van der Waals surface area contributed by atoms with E-state index >= 15 is 0 Å². The maximum atomic E-state index is 13.6. The Balaban J connectivity index is 1.58. The Hall–Kier alpha value is -2.15. The van der Waals surface area contributed by atoms with E-state index in [1.54, 1.807) is 18.2 Å². The molecule has 0 radical (unpaired) electrons. The van der Waals surface area contributed by atoms with E-state index in [9.17, 15) is 9.18 Å². The predicted octanol–water partition coefficient (Wildman–Crippen LogP) is 3.83. The number of hydrogen-bond acceptors (Lipinski definition) is 5. The Morgan fingerprint density at radius 1 is 1.27 bits per heavy atom. The summed E-state index contributed by atoms with van der Waals surface area (Å²) in [6.07, 6.45) is 2.77. The Labute approximate surface area is 157 Å². The first-order valence-electron chi connectivity index (χ1n) is 8.75. The lowest BCUT2D eigenvalue weighted by molar-refractivity contribution is -0.113. The van der Waals surface area contributed by atoms with Crippen LogP contribution in [-0.4, -0.2) is 34.7 Å². The second-order valence-electron chi connectivity index (χ2n) is 6.88. The van der Waals surface area contributed by atoms with Crippen LogP contribution in [0.15, 0.2) is 41.7 Å². The summed E-state index contributed by atoms with van der Waals surface area (Å²) in [6.45, 7) is 6.48. The topological polar surface area (TPSA) is 58.1 Å². The average molecular weight is 374 g/mol. The number of rotatable bonds is 5. The van der Waals surface area contributed by atoms with Crippen molar-refractivity contribution in [1.29, 1.82) is 0 Å². The van der Waals surface area contributed by atoms with Gasteiger partial charge in [0, 0.05) is 19.2 Å². The lowest BCUT2D eigenvalue weighted by Crippen LogP contribution is -2.39. The van der Waals surface area contributed by atoms with Gasteiger partial charge in [-0.05, 0) is 30.4 Å². The van der Waals surface area contributed by atoms with Crippen molar-refractivity contribution < 1.29 is 9.18 Å². The van der Waals surface area contributed by atoms with Gasteiger partial charge >= 0.3 is 0 Å². The molecular weight excluding hydrogens is 351 g/mol. The maximum Gasteiger partial charge on any atom is 0.234 e. The Bertz CT molecular complexity index is 763. The number of piperidine rings is 1. The molecule has 1 aromatic carbocycles. The molecule has 3 rings (SSSR count). The van der Waals surface area contributed by atoms with Crippen molar-refractivity contribution in [3.05, 3.63) is 42.5 Å². The zero-order valence-electron chi connectivity index (χ0n) is 15.0. The summed E-state index contributed by atoms with van der Waals surface area (Å²) in [5.41, 5.74) is 0.192. The summed E-state index contributed by atoms with van der Waals surface area (Å²) in [4.78, 5) is 23.0. The lowest BCUT2D eigenvalue weighted by Gasteiger charge is -2.35. The molecule has 26 heavy (non-hydrogen) atoms. The van der Waals surface area contributed by atoms with Crippen LogP contribution in [0.5, 0.6) is 0 Å². The second-order valence-corrected chi connectivity index (χ2v) is 7.88.